The van der Waals surface area contributed by atoms with Crippen LogP contribution in [0.15, 0.2) is 42.0 Å². The van der Waals surface area contributed by atoms with E-state index in [1.165, 1.54) is 6.33 Å². The average Bonchev–Trinajstić information content (AvgIpc) is 3.17. The van der Waals surface area contributed by atoms with Crippen LogP contribution in [0.3, 0.4) is 0 Å². The zero-order valence-electron chi connectivity index (χ0n) is 16.1. The molecular weight excluding hydrogens is 420 g/mol. The Labute approximate surface area is 182 Å². The Balaban J connectivity index is 1.26. The number of hydrogen-bond acceptors (Lipinski definition) is 7. The van der Waals surface area contributed by atoms with E-state index in [4.69, 9.17) is 17.3 Å². The largest absolute Gasteiger partial charge is 0.383 e. The van der Waals surface area contributed by atoms with Gasteiger partial charge in [0.2, 0.25) is 5.91 Å². The Morgan fingerprint density at radius 2 is 2.00 bits per heavy atom. The summed E-state index contributed by atoms with van der Waals surface area (Å²) in [5, 5.41) is 3.34. The fourth-order valence-electron chi connectivity index (χ4n) is 3.76. The third kappa shape index (κ3) is 3.69. The van der Waals surface area contributed by atoms with Gasteiger partial charge in [0, 0.05) is 37.1 Å². The summed E-state index contributed by atoms with van der Waals surface area (Å²) < 4.78 is 1.11. The predicted octanol–water partition coefficient (Wildman–Crippen LogP) is 3.32. The SMILES string of the molecule is Nc1ncnc2cc(CN3CCN(Cc4cc5sccc5nc4Cl)CC3=O)ccc12. The van der Waals surface area contributed by atoms with Crippen LogP contribution in [0, 0.1) is 0 Å². The van der Waals surface area contributed by atoms with Gasteiger partial charge in [-0.2, -0.15) is 0 Å². The van der Waals surface area contributed by atoms with Gasteiger partial charge in [-0.3, -0.25) is 9.69 Å². The zero-order chi connectivity index (χ0) is 20.7. The lowest BCUT2D eigenvalue weighted by molar-refractivity contribution is -0.136. The van der Waals surface area contributed by atoms with Crippen LogP contribution in [0.25, 0.3) is 21.1 Å². The number of aromatic nitrogens is 3. The highest BCUT2D eigenvalue weighted by atomic mass is 35.5. The lowest BCUT2D eigenvalue weighted by Gasteiger charge is -2.34. The van der Waals surface area contributed by atoms with Crippen LogP contribution in [-0.4, -0.2) is 50.3 Å². The minimum absolute atomic E-state index is 0.102. The molecule has 30 heavy (non-hydrogen) atoms. The number of halogens is 1. The van der Waals surface area contributed by atoms with Crippen LogP contribution in [-0.2, 0) is 17.9 Å². The average molecular weight is 439 g/mol. The quantitative estimate of drug-likeness (QED) is 0.492. The van der Waals surface area contributed by atoms with E-state index in [1.54, 1.807) is 11.3 Å². The molecule has 9 heteroatoms. The van der Waals surface area contributed by atoms with Gasteiger partial charge in [0.25, 0.3) is 0 Å². The molecule has 2 N–H and O–H groups in total. The monoisotopic (exact) mass is 438 g/mol. The Hall–Kier alpha value is -2.81. The van der Waals surface area contributed by atoms with E-state index >= 15 is 0 Å². The number of thiophene rings is 1. The van der Waals surface area contributed by atoms with E-state index < -0.39 is 0 Å². The van der Waals surface area contributed by atoms with Gasteiger partial charge in [-0.05, 0) is 35.2 Å². The number of anilines is 1. The topological polar surface area (TPSA) is 88.2 Å². The third-order valence-electron chi connectivity index (χ3n) is 5.36. The molecule has 1 fully saturated rings. The highest BCUT2D eigenvalue weighted by Crippen LogP contribution is 2.26. The van der Waals surface area contributed by atoms with Gasteiger partial charge in [-0.1, -0.05) is 17.7 Å². The van der Waals surface area contributed by atoms with Crippen molar-refractivity contribution in [1.29, 1.82) is 0 Å². The summed E-state index contributed by atoms with van der Waals surface area (Å²) in [5.74, 6) is 0.565. The number of nitrogens with two attached hydrogens (primary N) is 1. The number of pyridine rings is 1. The molecule has 0 unspecified atom stereocenters. The second kappa shape index (κ2) is 7.79. The summed E-state index contributed by atoms with van der Waals surface area (Å²) in [6, 6.07) is 9.90. The van der Waals surface area contributed by atoms with Crippen molar-refractivity contribution in [2.24, 2.45) is 0 Å². The Morgan fingerprint density at radius 3 is 2.87 bits per heavy atom. The van der Waals surface area contributed by atoms with Crippen molar-refractivity contribution in [3.05, 3.63) is 58.3 Å². The molecule has 0 bridgehead atoms. The molecule has 7 nitrogen and oxygen atoms in total. The first-order valence-corrected chi connectivity index (χ1v) is 10.8. The molecule has 0 saturated carbocycles. The van der Waals surface area contributed by atoms with E-state index in [2.05, 4.69) is 25.9 Å². The smallest absolute Gasteiger partial charge is 0.237 e. The highest BCUT2D eigenvalue weighted by molar-refractivity contribution is 7.17. The van der Waals surface area contributed by atoms with E-state index in [1.807, 2.05) is 34.5 Å². The van der Waals surface area contributed by atoms with E-state index in [-0.39, 0.29) is 5.91 Å². The molecule has 1 aliphatic heterocycles. The van der Waals surface area contributed by atoms with Crippen LogP contribution in [0.5, 0.6) is 0 Å². The minimum atomic E-state index is 0.102. The standard InChI is InChI=1S/C21H19ClN6OS/c22-20-14(8-18-16(26-20)3-6-30-18)10-27-4-5-28(19(29)11-27)9-13-1-2-15-17(7-13)24-12-25-21(15)23/h1-3,6-8,12H,4-5,9-11H2,(H2,23,24,25). The van der Waals surface area contributed by atoms with E-state index in [0.29, 0.717) is 37.1 Å². The number of benzene rings is 1. The van der Waals surface area contributed by atoms with Crippen molar-refractivity contribution in [1.82, 2.24) is 24.8 Å². The normalized spacial score (nSPS) is 15.4. The Morgan fingerprint density at radius 1 is 1.10 bits per heavy atom. The first kappa shape index (κ1) is 19.2. The van der Waals surface area contributed by atoms with Gasteiger partial charge >= 0.3 is 0 Å². The molecule has 0 radical (unpaired) electrons. The molecule has 0 aliphatic carbocycles. The number of amides is 1. The maximum atomic E-state index is 12.8. The lowest BCUT2D eigenvalue weighted by Crippen LogP contribution is -2.49. The summed E-state index contributed by atoms with van der Waals surface area (Å²) in [6.07, 6.45) is 1.46. The number of carbonyl (C=O) groups excluding carboxylic acids is 1. The number of nitrogen functional groups attached to an aromatic ring is 1. The second-order valence-corrected chi connectivity index (χ2v) is 8.68. The summed E-state index contributed by atoms with van der Waals surface area (Å²) >= 11 is 8.01. The number of fused-ring (bicyclic) bond motifs is 2. The molecule has 0 spiro atoms. The van der Waals surface area contributed by atoms with Gasteiger partial charge in [0.15, 0.2) is 0 Å². The number of carbonyl (C=O) groups is 1. The fraction of sp³-hybridized carbons (Fsp3) is 0.238. The highest BCUT2D eigenvalue weighted by Gasteiger charge is 2.25. The summed E-state index contributed by atoms with van der Waals surface area (Å²) in [4.78, 5) is 29.5. The molecule has 3 aromatic heterocycles. The fourth-order valence-corrected chi connectivity index (χ4v) is 4.76. The van der Waals surface area contributed by atoms with Gasteiger partial charge in [-0.15, -0.1) is 11.3 Å². The summed E-state index contributed by atoms with van der Waals surface area (Å²) in [7, 11) is 0. The molecule has 5 rings (SSSR count). The van der Waals surface area contributed by atoms with Gasteiger partial charge < -0.3 is 10.6 Å². The van der Waals surface area contributed by atoms with Crippen molar-refractivity contribution in [2.45, 2.75) is 13.1 Å². The number of rotatable bonds is 4. The van der Waals surface area contributed by atoms with Crippen LogP contribution in [0.1, 0.15) is 11.1 Å². The Kier molecular flexibility index (Phi) is 4.98. The number of nitrogens with zero attached hydrogens (tertiary/aromatic N) is 5. The lowest BCUT2D eigenvalue weighted by atomic mass is 10.1. The van der Waals surface area contributed by atoms with Gasteiger partial charge in [0.05, 0.1) is 22.3 Å². The van der Waals surface area contributed by atoms with Crippen LogP contribution in [0.4, 0.5) is 5.82 Å². The molecule has 1 amide bonds. The van der Waals surface area contributed by atoms with Crippen molar-refractivity contribution >= 4 is 55.8 Å². The molecule has 152 valence electrons. The van der Waals surface area contributed by atoms with Gasteiger partial charge in [0.1, 0.15) is 17.3 Å². The molecule has 1 aromatic carbocycles. The first-order chi connectivity index (χ1) is 14.6. The molecule has 4 heterocycles. The van der Waals surface area contributed by atoms with Gasteiger partial charge in [-0.25, -0.2) is 15.0 Å². The predicted molar refractivity (Wildman–Crippen MR) is 119 cm³/mol. The molecule has 0 atom stereocenters. The minimum Gasteiger partial charge on any atom is -0.383 e. The van der Waals surface area contributed by atoms with Crippen LogP contribution < -0.4 is 5.73 Å². The Bertz CT molecular complexity index is 1260. The van der Waals surface area contributed by atoms with Crippen LogP contribution >= 0.6 is 22.9 Å². The van der Waals surface area contributed by atoms with Crippen LogP contribution in [0.2, 0.25) is 5.15 Å². The van der Waals surface area contributed by atoms with Crippen molar-refractivity contribution in [2.75, 3.05) is 25.4 Å². The molecule has 4 aromatic rings. The molecular formula is C21H19ClN6OS. The van der Waals surface area contributed by atoms with Crippen molar-refractivity contribution < 1.29 is 4.79 Å². The summed E-state index contributed by atoms with van der Waals surface area (Å²) in [6.45, 7) is 2.98. The van der Waals surface area contributed by atoms with Crippen molar-refractivity contribution in [3.63, 3.8) is 0 Å². The third-order valence-corrected chi connectivity index (χ3v) is 6.54. The first-order valence-electron chi connectivity index (χ1n) is 9.59. The number of hydrogen-bond donors (Lipinski definition) is 1. The maximum absolute atomic E-state index is 12.8. The summed E-state index contributed by atoms with van der Waals surface area (Å²) in [5.41, 5.74) is 9.58. The van der Waals surface area contributed by atoms with Crippen molar-refractivity contribution in [3.8, 4) is 0 Å². The number of piperazine rings is 1. The molecule has 1 aliphatic rings. The van der Waals surface area contributed by atoms with E-state index in [9.17, 15) is 4.79 Å². The maximum Gasteiger partial charge on any atom is 0.237 e. The zero-order valence-corrected chi connectivity index (χ0v) is 17.7. The molecule has 1 saturated heterocycles. The van der Waals surface area contributed by atoms with E-state index in [0.717, 1.165) is 38.8 Å². The second-order valence-electron chi connectivity index (χ2n) is 7.38.